The third-order valence-corrected chi connectivity index (χ3v) is 3.08. The number of hydrogen-bond donors (Lipinski definition) is 0. The topological polar surface area (TPSA) is 72.9 Å². The number of ketones is 1. The van der Waals surface area contributed by atoms with E-state index < -0.39 is 29.6 Å². The minimum Gasteiger partial charge on any atom is -0.465 e. The van der Waals surface area contributed by atoms with Crippen LogP contribution in [0.1, 0.15) is 41.0 Å². The molecule has 2 atom stereocenters. The second kappa shape index (κ2) is 6.24. The molecule has 1 rings (SSSR count). The van der Waals surface area contributed by atoms with Gasteiger partial charge in [0.2, 0.25) is 0 Å². The largest absolute Gasteiger partial charge is 0.465 e. The molecule has 1 heterocycles. The lowest BCUT2D eigenvalue weighted by Crippen LogP contribution is -2.53. The summed E-state index contributed by atoms with van der Waals surface area (Å²) in [5.74, 6) is -1.57. The van der Waals surface area contributed by atoms with Crippen LogP contribution >= 0.6 is 0 Å². The summed E-state index contributed by atoms with van der Waals surface area (Å²) in [5.41, 5.74) is -0.613. The molecule has 1 amide bonds. The quantitative estimate of drug-likeness (QED) is 0.571. The van der Waals surface area contributed by atoms with Crippen LogP contribution in [0.2, 0.25) is 0 Å². The van der Waals surface area contributed by atoms with Crippen molar-refractivity contribution >= 4 is 17.8 Å². The first-order valence-electron chi connectivity index (χ1n) is 6.87. The van der Waals surface area contributed by atoms with Crippen LogP contribution in [0, 0.1) is 5.92 Å². The summed E-state index contributed by atoms with van der Waals surface area (Å²) in [5, 5.41) is 0. The lowest BCUT2D eigenvalue weighted by atomic mass is 9.90. The molecular weight excluding hydrogens is 262 g/mol. The summed E-state index contributed by atoms with van der Waals surface area (Å²) in [6.45, 7) is 9.16. The highest BCUT2D eigenvalue weighted by Gasteiger charge is 2.41. The molecule has 20 heavy (non-hydrogen) atoms. The van der Waals surface area contributed by atoms with E-state index in [1.807, 2.05) is 0 Å². The van der Waals surface area contributed by atoms with Gasteiger partial charge in [0.15, 0.2) is 5.78 Å². The Labute approximate surface area is 119 Å². The van der Waals surface area contributed by atoms with Crippen molar-refractivity contribution in [3.8, 4) is 0 Å². The zero-order valence-corrected chi connectivity index (χ0v) is 12.8. The number of piperidine rings is 1. The van der Waals surface area contributed by atoms with Crippen LogP contribution in [0.25, 0.3) is 0 Å². The number of hydrogen-bond acceptors (Lipinski definition) is 5. The van der Waals surface area contributed by atoms with Gasteiger partial charge in [-0.1, -0.05) is 0 Å². The fourth-order valence-corrected chi connectivity index (χ4v) is 2.10. The number of rotatable bonds is 2. The third kappa shape index (κ3) is 3.95. The maximum absolute atomic E-state index is 12.2. The highest BCUT2D eigenvalue weighted by atomic mass is 16.6. The van der Waals surface area contributed by atoms with Crippen LogP contribution in [0.15, 0.2) is 0 Å². The van der Waals surface area contributed by atoms with Crippen LogP contribution in [0.4, 0.5) is 4.79 Å². The lowest BCUT2D eigenvalue weighted by molar-refractivity contribution is -0.155. The number of amides is 1. The molecular formula is C14H23NO5. The average Bonchev–Trinajstić information content (AvgIpc) is 2.30. The fraction of sp³-hybridized carbons (Fsp3) is 0.786. The lowest BCUT2D eigenvalue weighted by Gasteiger charge is -2.36. The van der Waals surface area contributed by atoms with Gasteiger partial charge in [0, 0.05) is 6.54 Å². The van der Waals surface area contributed by atoms with Crippen molar-refractivity contribution in [2.24, 2.45) is 5.92 Å². The van der Waals surface area contributed by atoms with Crippen LogP contribution in [-0.4, -0.2) is 47.5 Å². The normalized spacial score (nSPS) is 23.4. The Morgan fingerprint density at radius 1 is 1.35 bits per heavy atom. The molecule has 0 bridgehead atoms. The monoisotopic (exact) mass is 285 g/mol. The Kier molecular flexibility index (Phi) is 5.14. The van der Waals surface area contributed by atoms with Gasteiger partial charge < -0.3 is 9.47 Å². The number of esters is 1. The van der Waals surface area contributed by atoms with Gasteiger partial charge in [-0.3, -0.25) is 14.5 Å². The maximum atomic E-state index is 12.2. The Bertz CT molecular complexity index is 399. The van der Waals surface area contributed by atoms with E-state index in [0.29, 0.717) is 6.54 Å². The van der Waals surface area contributed by atoms with Gasteiger partial charge in [0.05, 0.1) is 12.6 Å². The van der Waals surface area contributed by atoms with Crippen molar-refractivity contribution in [1.29, 1.82) is 0 Å². The van der Waals surface area contributed by atoms with Crippen molar-refractivity contribution in [3.63, 3.8) is 0 Å². The number of ether oxygens (including phenoxy) is 2. The number of carbonyl (C=O) groups is 3. The van der Waals surface area contributed by atoms with Crippen molar-refractivity contribution < 1.29 is 23.9 Å². The minimum atomic E-state index is -0.774. The highest BCUT2D eigenvalue weighted by Crippen LogP contribution is 2.23. The second-order valence-corrected chi connectivity index (χ2v) is 5.85. The third-order valence-electron chi connectivity index (χ3n) is 3.08. The van der Waals surface area contributed by atoms with E-state index in [-0.39, 0.29) is 18.8 Å². The molecule has 0 aromatic carbocycles. The number of likely N-dealkylation sites (tertiary alicyclic amines) is 1. The first-order valence-corrected chi connectivity index (χ1v) is 6.87. The van der Waals surface area contributed by atoms with E-state index in [9.17, 15) is 14.4 Å². The van der Waals surface area contributed by atoms with Crippen molar-refractivity contribution in [2.45, 2.75) is 52.7 Å². The van der Waals surface area contributed by atoms with Crippen molar-refractivity contribution in [1.82, 2.24) is 4.90 Å². The molecule has 6 nitrogen and oxygen atoms in total. The molecule has 1 saturated heterocycles. The second-order valence-electron chi connectivity index (χ2n) is 5.85. The molecule has 2 unspecified atom stereocenters. The van der Waals surface area contributed by atoms with Gasteiger partial charge in [-0.2, -0.15) is 0 Å². The molecule has 0 aromatic heterocycles. The van der Waals surface area contributed by atoms with Gasteiger partial charge in [-0.05, 0) is 41.0 Å². The number of carbonyl (C=O) groups excluding carboxylic acids is 3. The maximum Gasteiger partial charge on any atom is 0.410 e. The van der Waals surface area contributed by atoms with E-state index in [1.54, 1.807) is 34.6 Å². The van der Waals surface area contributed by atoms with E-state index in [2.05, 4.69) is 0 Å². The van der Waals surface area contributed by atoms with Crippen LogP contribution in [0.5, 0.6) is 0 Å². The van der Waals surface area contributed by atoms with Crippen LogP contribution in [-0.2, 0) is 19.1 Å². The SMILES string of the molecule is CCOC(=O)C1CCN(C(=O)OC(C)(C)C)C(C)C1=O. The Balaban J connectivity index is 2.72. The first kappa shape index (κ1) is 16.5. The molecule has 0 radical (unpaired) electrons. The zero-order valence-electron chi connectivity index (χ0n) is 12.8. The standard InChI is InChI=1S/C14H23NO5/c1-6-19-12(17)10-7-8-15(9(2)11(10)16)13(18)20-14(3,4)5/h9-10H,6-8H2,1-5H3. The summed E-state index contributed by atoms with van der Waals surface area (Å²) in [7, 11) is 0. The van der Waals surface area contributed by atoms with E-state index >= 15 is 0 Å². The van der Waals surface area contributed by atoms with Crippen LogP contribution in [0.3, 0.4) is 0 Å². The molecule has 0 aliphatic carbocycles. The molecule has 0 saturated carbocycles. The van der Waals surface area contributed by atoms with Crippen LogP contribution < -0.4 is 0 Å². The molecule has 114 valence electrons. The van der Waals surface area contributed by atoms with Crippen molar-refractivity contribution in [3.05, 3.63) is 0 Å². The average molecular weight is 285 g/mol. The predicted octanol–water partition coefficient (Wildman–Crippen LogP) is 1.76. The van der Waals surface area contributed by atoms with Gasteiger partial charge in [-0.15, -0.1) is 0 Å². The van der Waals surface area contributed by atoms with Gasteiger partial charge in [0.1, 0.15) is 11.5 Å². The van der Waals surface area contributed by atoms with Crippen molar-refractivity contribution in [2.75, 3.05) is 13.2 Å². The van der Waals surface area contributed by atoms with Gasteiger partial charge in [0.25, 0.3) is 0 Å². The van der Waals surface area contributed by atoms with E-state index in [1.165, 1.54) is 4.90 Å². The first-order chi connectivity index (χ1) is 9.17. The zero-order chi connectivity index (χ0) is 15.5. The number of nitrogens with zero attached hydrogens (tertiary/aromatic N) is 1. The molecule has 0 N–H and O–H groups in total. The predicted molar refractivity (Wildman–Crippen MR) is 72.1 cm³/mol. The smallest absolute Gasteiger partial charge is 0.410 e. The molecule has 1 aliphatic rings. The highest BCUT2D eigenvalue weighted by molar-refractivity contribution is 6.03. The van der Waals surface area contributed by atoms with E-state index in [0.717, 1.165) is 0 Å². The Morgan fingerprint density at radius 3 is 2.45 bits per heavy atom. The minimum absolute atomic E-state index is 0.243. The molecule has 1 fully saturated rings. The molecule has 0 aromatic rings. The Hall–Kier alpha value is -1.59. The molecule has 1 aliphatic heterocycles. The summed E-state index contributed by atoms with van der Waals surface area (Å²) in [6, 6.07) is -0.673. The van der Waals surface area contributed by atoms with Gasteiger partial charge in [-0.25, -0.2) is 4.79 Å². The summed E-state index contributed by atoms with van der Waals surface area (Å²) >= 11 is 0. The summed E-state index contributed by atoms with van der Waals surface area (Å²) in [4.78, 5) is 37.2. The number of Topliss-reactive ketones (excluding diaryl/α,β-unsaturated/α-hetero) is 1. The van der Waals surface area contributed by atoms with E-state index in [4.69, 9.17) is 9.47 Å². The fourth-order valence-electron chi connectivity index (χ4n) is 2.10. The van der Waals surface area contributed by atoms with Gasteiger partial charge >= 0.3 is 12.1 Å². The molecule has 0 spiro atoms. The molecule has 6 heteroatoms. The summed E-state index contributed by atoms with van der Waals surface area (Å²) < 4.78 is 10.1. The summed E-state index contributed by atoms with van der Waals surface area (Å²) in [6.07, 6.45) is -0.248. The Morgan fingerprint density at radius 2 is 1.95 bits per heavy atom.